The van der Waals surface area contributed by atoms with E-state index in [1.165, 1.54) is 19.3 Å². The molecule has 1 aliphatic carbocycles. The topological polar surface area (TPSA) is 63.6 Å². The van der Waals surface area contributed by atoms with Gasteiger partial charge in [-0.1, -0.05) is 50.3 Å². The van der Waals surface area contributed by atoms with Crippen LogP contribution in [0.15, 0.2) is 41.8 Å². The molecule has 1 atom stereocenters. The molecule has 1 N–H and O–H groups in total. The van der Waals surface area contributed by atoms with Gasteiger partial charge in [0.1, 0.15) is 17.0 Å². The summed E-state index contributed by atoms with van der Waals surface area (Å²) >= 11 is 1.62. The molecule has 0 saturated heterocycles. The van der Waals surface area contributed by atoms with Gasteiger partial charge in [-0.05, 0) is 43.3 Å². The van der Waals surface area contributed by atoms with Gasteiger partial charge in [-0.2, -0.15) is 0 Å². The van der Waals surface area contributed by atoms with E-state index in [0.717, 1.165) is 47.2 Å². The fraction of sp³-hybridized carbons (Fsp3) is 0.481. The molecule has 0 radical (unpaired) electrons. The predicted octanol–water partition coefficient (Wildman–Crippen LogP) is 5.36. The second-order valence-corrected chi connectivity index (χ2v) is 10.7. The number of ether oxygens (including phenoxy) is 1. The molecular weight excluding hydrogens is 446 g/mol. The van der Waals surface area contributed by atoms with Crippen LogP contribution in [0.4, 0.5) is 0 Å². The standard InChI is InChI=1S/C27H33N3O3S/c1-27(26(32)28-20-11-6-4-3-5-7-12-20)18-29-21-14-15-34-24(21)16-22(29)25(31)30(27)17-19-10-8-9-13-23(19)33-2/h8-10,13-16,20H,3-7,11-12,17-18H2,1-2H3,(H,28,32). The SMILES string of the molecule is COc1ccccc1CN1C(=O)c2cc3sccc3n2CC1(C)C(=O)NC1CCCCCCC1. The number of thiophene rings is 1. The Kier molecular flexibility index (Phi) is 6.38. The van der Waals surface area contributed by atoms with E-state index in [4.69, 9.17) is 4.74 Å². The van der Waals surface area contributed by atoms with Crippen LogP contribution in [0.1, 0.15) is 67.9 Å². The number of hydrogen-bond donors (Lipinski definition) is 1. The highest BCUT2D eigenvalue weighted by Crippen LogP contribution is 2.36. The Morgan fingerprint density at radius 2 is 1.88 bits per heavy atom. The van der Waals surface area contributed by atoms with Crippen molar-refractivity contribution >= 4 is 33.4 Å². The van der Waals surface area contributed by atoms with Crippen molar-refractivity contribution in [3.63, 3.8) is 0 Å². The van der Waals surface area contributed by atoms with Gasteiger partial charge in [0.05, 0.1) is 30.4 Å². The Morgan fingerprint density at radius 3 is 2.65 bits per heavy atom. The van der Waals surface area contributed by atoms with E-state index in [9.17, 15) is 9.59 Å². The number of methoxy groups -OCH3 is 1. The second kappa shape index (κ2) is 9.45. The summed E-state index contributed by atoms with van der Waals surface area (Å²) in [6, 6.07) is 11.9. The number of fused-ring (bicyclic) bond motifs is 3. The maximum atomic E-state index is 13.9. The quantitative estimate of drug-likeness (QED) is 0.536. The number of nitrogens with one attached hydrogen (secondary N) is 1. The summed E-state index contributed by atoms with van der Waals surface area (Å²) in [6.45, 7) is 2.66. The van der Waals surface area contributed by atoms with Crippen molar-refractivity contribution in [2.24, 2.45) is 0 Å². The maximum Gasteiger partial charge on any atom is 0.271 e. The number of para-hydroxylation sites is 1. The van der Waals surface area contributed by atoms with Crippen LogP contribution in [0.25, 0.3) is 10.2 Å². The fourth-order valence-electron chi connectivity index (χ4n) is 5.47. The minimum atomic E-state index is -1.01. The Bertz CT molecular complexity index is 1190. The van der Waals surface area contributed by atoms with Gasteiger partial charge in [-0.3, -0.25) is 9.59 Å². The second-order valence-electron chi connectivity index (χ2n) is 9.78. The van der Waals surface area contributed by atoms with Gasteiger partial charge in [0.25, 0.3) is 5.91 Å². The molecule has 180 valence electrons. The minimum absolute atomic E-state index is 0.0657. The molecule has 5 rings (SSSR count). The van der Waals surface area contributed by atoms with Gasteiger partial charge in [0.15, 0.2) is 0 Å². The fourth-order valence-corrected chi connectivity index (χ4v) is 6.29. The molecule has 0 spiro atoms. The molecule has 1 aromatic carbocycles. The number of amides is 2. The molecule has 1 unspecified atom stereocenters. The lowest BCUT2D eigenvalue weighted by Crippen LogP contribution is -2.64. The molecule has 0 bridgehead atoms. The number of benzene rings is 1. The third-order valence-electron chi connectivity index (χ3n) is 7.50. The molecule has 1 aliphatic heterocycles. The van der Waals surface area contributed by atoms with Crippen LogP contribution in [-0.4, -0.2) is 40.0 Å². The van der Waals surface area contributed by atoms with Gasteiger partial charge in [-0.25, -0.2) is 0 Å². The van der Waals surface area contributed by atoms with Crippen molar-refractivity contribution in [1.82, 2.24) is 14.8 Å². The zero-order chi connectivity index (χ0) is 23.7. The van der Waals surface area contributed by atoms with Gasteiger partial charge in [0, 0.05) is 11.6 Å². The van der Waals surface area contributed by atoms with Crippen LogP contribution in [0.3, 0.4) is 0 Å². The third-order valence-corrected chi connectivity index (χ3v) is 8.35. The van der Waals surface area contributed by atoms with Gasteiger partial charge < -0.3 is 19.5 Å². The van der Waals surface area contributed by atoms with Crippen LogP contribution in [0.5, 0.6) is 5.75 Å². The van der Waals surface area contributed by atoms with Crippen molar-refractivity contribution in [1.29, 1.82) is 0 Å². The van der Waals surface area contributed by atoms with E-state index in [2.05, 4.69) is 5.32 Å². The van der Waals surface area contributed by atoms with Crippen molar-refractivity contribution < 1.29 is 14.3 Å². The first-order valence-corrected chi connectivity index (χ1v) is 13.2. The number of nitrogens with zero attached hydrogens (tertiary/aromatic N) is 2. The summed E-state index contributed by atoms with van der Waals surface area (Å²) in [5.74, 6) is 0.542. The summed E-state index contributed by atoms with van der Waals surface area (Å²) in [6.07, 6.45) is 8.03. The number of carbonyl (C=O) groups is 2. The largest absolute Gasteiger partial charge is 0.496 e. The zero-order valence-electron chi connectivity index (χ0n) is 20.0. The van der Waals surface area contributed by atoms with Crippen LogP contribution >= 0.6 is 11.3 Å². The molecule has 1 fully saturated rings. The number of aromatic nitrogens is 1. The third kappa shape index (κ3) is 4.11. The highest BCUT2D eigenvalue weighted by molar-refractivity contribution is 7.17. The first-order valence-electron chi connectivity index (χ1n) is 12.3. The molecule has 3 heterocycles. The first-order chi connectivity index (χ1) is 16.5. The van der Waals surface area contributed by atoms with Gasteiger partial charge in [-0.15, -0.1) is 11.3 Å². The van der Waals surface area contributed by atoms with Gasteiger partial charge >= 0.3 is 0 Å². The number of rotatable bonds is 5. The average Bonchev–Trinajstić information content (AvgIpc) is 3.41. The lowest BCUT2D eigenvalue weighted by atomic mass is 9.91. The molecule has 34 heavy (non-hydrogen) atoms. The first kappa shape index (κ1) is 23.0. The van der Waals surface area contributed by atoms with E-state index in [0.29, 0.717) is 18.8 Å². The molecule has 2 aromatic heterocycles. The molecular formula is C27H33N3O3S. The monoisotopic (exact) mass is 479 g/mol. The lowest BCUT2D eigenvalue weighted by molar-refractivity contribution is -0.134. The Labute approximate surface area is 204 Å². The van der Waals surface area contributed by atoms with Crippen LogP contribution in [0.2, 0.25) is 0 Å². The van der Waals surface area contributed by atoms with E-state index in [-0.39, 0.29) is 17.9 Å². The normalized spacial score (nSPS) is 21.7. The molecule has 1 saturated carbocycles. The zero-order valence-corrected chi connectivity index (χ0v) is 20.8. The number of hydrogen-bond acceptors (Lipinski definition) is 4. The van der Waals surface area contributed by atoms with E-state index < -0.39 is 5.54 Å². The molecule has 6 nitrogen and oxygen atoms in total. The molecule has 7 heteroatoms. The average molecular weight is 480 g/mol. The predicted molar refractivity (Wildman–Crippen MR) is 135 cm³/mol. The molecule has 2 aliphatic rings. The summed E-state index contributed by atoms with van der Waals surface area (Å²) in [4.78, 5) is 29.6. The Morgan fingerprint density at radius 1 is 1.15 bits per heavy atom. The molecule has 2 amide bonds. The van der Waals surface area contributed by atoms with Crippen LogP contribution < -0.4 is 10.1 Å². The Balaban J connectivity index is 1.51. The van der Waals surface area contributed by atoms with Crippen molar-refractivity contribution in [2.45, 2.75) is 76.5 Å². The lowest BCUT2D eigenvalue weighted by Gasteiger charge is -2.45. The summed E-state index contributed by atoms with van der Waals surface area (Å²) in [5, 5.41) is 5.39. The van der Waals surface area contributed by atoms with Crippen molar-refractivity contribution in [3.8, 4) is 5.75 Å². The van der Waals surface area contributed by atoms with E-state index in [1.54, 1.807) is 23.3 Å². The Hall–Kier alpha value is -2.80. The molecule has 3 aromatic rings. The van der Waals surface area contributed by atoms with Crippen LogP contribution in [0, 0.1) is 0 Å². The van der Waals surface area contributed by atoms with Crippen molar-refractivity contribution in [3.05, 3.63) is 53.0 Å². The highest BCUT2D eigenvalue weighted by atomic mass is 32.1. The minimum Gasteiger partial charge on any atom is -0.496 e. The summed E-state index contributed by atoms with van der Waals surface area (Å²) in [5.41, 5.74) is 1.55. The maximum absolute atomic E-state index is 13.9. The smallest absolute Gasteiger partial charge is 0.271 e. The summed E-state index contributed by atoms with van der Waals surface area (Å²) in [7, 11) is 1.64. The van der Waals surface area contributed by atoms with Crippen molar-refractivity contribution in [2.75, 3.05) is 7.11 Å². The number of carbonyl (C=O) groups excluding carboxylic acids is 2. The van der Waals surface area contributed by atoms with Crippen LogP contribution in [-0.2, 0) is 17.9 Å². The summed E-state index contributed by atoms with van der Waals surface area (Å²) < 4.78 is 8.67. The van der Waals surface area contributed by atoms with Gasteiger partial charge in [0.2, 0.25) is 5.91 Å². The highest BCUT2D eigenvalue weighted by Gasteiger charge is 2.48. The van der Waals surface area contributed by atoms with E-state index in [1.807, 2.05) is 53.3 Å². The van der Waals surface area contributed by atoms with E-state index >= 15 is 0 Å².